The average molecular weight is 405 g/mol. The van der Waals surface area contributed by atoms with Crippen molar-refractivity contribution < 1.29 is 14.4 Å². The van der Waals surface area contributed by atoms with Gasteiger partial charge in [0.15, 0.2) is 5.69 Å². The van der Waals surface area contributed by atoms with E-state index in [1.54, 1.807) is 24.3 Å². The molecule has 3 N–H and O–H groups in total. The number of fused-ring (bicyclic) bond motifs is 2. The second-order valence-electron chi connectivity index (χ2n) is 7.03. The Labute approximate surface area is 171 Å². The summed E-state index contributed by atoms with van der Waals surface area (Å²) in [6, 6.07) is 13.4. The van der Waals surface area contributed by atoms with E-state index in [0.717, 1.165) is 11.1 Å². The molecule has 4 rings (SSSR count). The van der Waals surface area contributed by atoms with E-state index in [4.69, 9.17) is 0 Å². The molecule has 2 aromatic carbocycles. The molecule has 0 saturated heterocycles. The van der Waals surface area contributed by atoms with Crippen molar-refractivity contribution in [3.05, 3.63) is 75.7 Å². The molecule has 9 heteroatoms. The van der Waals surface area contributed by atoms with E-state index in [9.17, 15) is 19.2 Å². The SMILES string of the molecule is CC(=O)N1Cc2ccccc2CC1C(=O)NNC(=O)c1n[nH]c(=O)c2ccccc12. The Kier molecular flexibility index (Phi) is 5.01. The first-order chi connectivity index (χ1) is 14.5. The lowest BCUT2D eigenvalue weighted by molar-refractivity contribution is -0.140. The second-order valence-corrected chi connectivity index (χ2v) is 7.03. The van der Waals surface area contributed by atoms with Gasteiger partial charge in [0.05, 0.1) is 5.39 Å². The van der Waals surface area contributed by atoms with Gasteiger partial charge < -0.3 is 4.90 Å². The molecule has 9 nitrogen and oxygen atoms in total. The minimum absolute atomic E-state index is 0.0251. The monoisotopic (exact) mass is 405 g/mol. The number of carbonyl (C=O) groups is 3. The third-order valence-electron chi connectivity index (χ3n) is 5.17. The Hall–Kier alpha value is -4.01. The summed E-state index contributed by atoms with van der Waals surface area (Å²) in [5, 5.41) is 6.76. The van der Waals surface area contributed by atoms with Gasteiger partial charge in [-0.2, -0.15) is 5.10 Å². The maximum absolute atomic E-state index is 12.8. The van der Waals surface area contributed by atoms with Crippen LogP contribution in [0.15, 0.2) is 53.3 Å². The number of aromatic nitrogens is 2. The largest absolute Gasteiger partial charge is 0.326 e. The van der Waals surface area contributed by atoms with Gasteiger partial charge in [0.1, 0.15) is 6.04 Å². The van der Waals surface area contributed by atoms with Gasteiger partial charge >= 0.3 is 0 Å². The maximum Gasteiger partial charge on any atom is 0.290 e. The fourth-order valence-electron chi connectivity index (χ4n) is 3.64. The Bertz CT molecular complexity index is 1220. The van der Waals surface area contributed by atoms with E-state index in [1.165, 1.54) is 11.8 Å². The summed E-state index contributed by atoms with van der Waals surface area (Å²) in [6.07, 6.45) is 0.345. The number of aromatic amines is 1. The van der Waals surface area contributed by atoms with Crippen molar-refractivity contribution in [3.8, 4) is 0 Å². The highest BCUT2D eigenvalue weighted by molar-refractivity contribution is 6.05. The minimum Gasteiger partial charge on any atom is -0.326 e. The molecule has 1 atom stereocenters. The molecule has 30 heavy (non-hydrogen) atoms. The molecular formula is C21H19N5O4. The van der Waals surface area contributed by atoms with E-state index in [1.807, 2.05) is 24.3 Å². The molecule has 0 aliphatic carbocycles. The molecule has 0 bridgehead atoms. The summed E-state index contributed by atoms with van der Waals surface area (Å²) in [6.45, 7) is 1.73. The van der Waals surface area contributed by atoms with Crippen LogP contribution in [0.25, 0.3) is 10.8 Å². The van der Waals surface area contributed by atoms with Gasteiger partial charge in [-0.1, -0.05) is 42.5 Å². The van der Waals surface area contributed by atoms with Gasteiger partial charge in [-0.3, -0.25) is 30.0 Å². The van der Waals surface area contributed by atoms with Gasteiger partial charge in [0, 0.05) is 25.3 Å². The Morgan fingerprint density at radius 3 is 2.40 bits per heavy atom. The molecule has 1 unspecified atom stereocenters. The molecule has 0 saturated carbocycles. The Morgan fingerprint density at radius 2 is 1.67 bits per heavy atom. The average Bonchev–Trinajstić information content (AvgIpc) is 2.76. The van der Waals surface area contributed by atoms with Crippen LogP contribution in [-0.4, -0.2) is 38.9 Å². The summed E-state index contributed by atoms with van der Waals surface area (Å²) in [4.78, 5) is 50.8. The molecule has 152 valence electrons. The Morgan fingerprint density at radius 1 is 1.00 bits per heavy atom. The number of nitrogens with zero attached hydrogens (tertiary/aromatic N) is 2. The number of hydrogen-bond acceptors (Lipinski definition) is 5. The summed E-state index contributed by atoms with van der Waals surface area (Å²) >= 11 is 0. The number of H-pyrrole nitrogens is 1. The van der Waals surface area contributed by atoms with Crippen LogP contribution in [0.4, 0.5) is 0 Å². The number of nitrogens with one attached hydrogen (secondary N) is 3. The van der Waals surface area contributed by atoms with Crippen LogP contribution < -0.4 is 16.4 Å². The minimum atomic E-state index is -0.752. The molecule has 0 fully saturated rings. The third-order valence-corrected chi connectivity index (χ3v) is 5.17. The van der Waals surface area contributed by atoms with Crippen LogP contribution in [-0.2, 0) is 22.6 Å². The second kappa shape index (κ2) is 7.78. The lowest BCUT2D eigenvalue weighted by atomic mass is 9.93. The predicted molar refractivity (Wildman–Crippen MR) is 108 cm³/mol. The van der Waals surface area contributed by atoms with Crippen LogP contribution in [0.1, 0.15) is 28.5 Å². The normalized spacial score (nSPS) is 15.4. The summed E-state index contributed by atoms with van der Waals surface area (Å²) in [5.41, 5.74) is 6.25. The van der Waals surface area contributed by atoms with Crippen molar-refractivity contribution in [1.29, 1.82) is 0 Å². The van der Waals surface area contributed by atoms with Gasteiger partial charge in [0.25, 0.3) is 17.4 Å². The summed E-state index contributed by atoms with van der Waals surface area (Å²) < 4.78 is 0. The van der Waals surface area contributed by atoms with E-state index >= 15 is 0 Å². The first kappa shape index (κ1) is 19.3. The van der Waals surface area contributed by atoms with Gasteiger partial charge in [-0.05, 0) is 17.2 Å². The van der Waals surface area contributed by atoms with Crippen LogP contribution in [0.5, 0.6) is 0 Å². The van der Waals surface area contributed by atoms with Crippen LogP contribution in [0.3, 0.4) is 0 Å². The van der Waals surface area contributed by atoms with Crippen molar-refractivity contribution >= 4 is 28.5 Å². The summed E-state index contributed by atoms with van der Waals surface area (Å²) in [5.74, 6) is -1.42. The highest BCUT2D eigenvalue weighted by Crippen LogP contribution is 2.23. The molecule has 1 aliphatic heterocycles. The molecule has 3 amide bonds. The zero-order chi connectivity index (χ0) is 21.3. The number of hydrazine groups is 1. The van der Waals surface area contributed by atoms with Crippen molar-refractivity contribution in [2.75, 3.05) is 0 Å². The number of amides is 3. The number of rotatable bonds is 2. The fourth-order valence-corrected chi connectivity index (χ4v) is 3.64. The molecule has 3 aromatic rings. The van der Waals surface area contributed by atoms with Crippen LogP contribution in [0.2, 0.25) is 0 Å². The van der Waals surface area contributed by atoms with E-state index in [2.05, 4.69) is 21.0 Å². The lowest BCUT2D eigenvalue weighted by Crippen LogP contribution is -2.55. The highest BCUT2D eigenvalue weighted by atomic mass is 16.2. The fraction of sp³-hybridized carbons (Fsp3) is 0.190. The van der Waals surface area contributed by atoms with Crippen molar-refractivity contribution in [1.82, 2.24) is 25.9 Å². The Balaban J connectivity index is 1.52. The van der Waals surface area contributed by atoms with Gasteiger partial charge in [0.2, 0.25) is 5.91 Å². The zero-order valence-electron chi connectivity index (χ0n) is 16.1. The van der Waals surface area contributed by atoms with Crippen molar-refractivity contribution in [3.63, 3.8) is 0 Å². The summed E-state index contributed by atoms with van der Waals surface area (Å²) in [7, 11) is 0. The van der Waals surface area contributed by atoms with Crippen molar-refractivity contribution in [2.24, 2.45) is 0 Å². The van der Waals surface area contributed by atoms with Crippen LogP contribution in [0, 0.1) is 0 Å². The highest BCUT2D eigenvalue weighted by Gasteiger charge is 2.33. The first-order valence-corrected chi connectivity index (χ1v) is 9.37. The molecule has 0 radical (unpaired) electrons. The van der Waals surface area contributed by atoms with Gasteiger partial charge in [-0.25, -0.2) is 5.10 Å². The number of hydrogen-bond donors (Lipinski definition) is 3. The van der Waals surface area contributed by atoms with Crippen molar-refractivity contribution in [2.45, 2.75) is 25.9 Å². The van der Waals surface area contributed by atoms with E-state index < -0.39 is 23.4 Å². The number of benzene rings is 2. The molecule has 1 aliphatic rings. The predicted octanol–water partition coefficient (Wildman–Crippen LogP) is 0.658. The lowest BCUT2D eigenvalue weighted by Gasteiger charge is -2.35. The molecule has 1 aromatic heterocycles. The standard InChI is InChI=1S/C21H19N5O4/c1-12(27)26-11-14-7-3-2-6-13(14)10-17(26)20(29)24-25-21(30)18-15-8-4-5-9-16(15)19(28)23-22-18/h2-9,17H,10-11H2,1H3,(H,23,28)(H,24,29)(H,25,30). The smallest absolute Gasteiger partial charge is 0.290 e. The van der Waals surface area contributed by atoms with Crippen LogP contribution >= 0.6 is 0 Å². The van der Waals surface area contributed by atoms with E-state index in [-0.39, 0.29) is 11.6 Å². The molecule has 0 spiro atoms. The quantitative estimate of drug-likeness (QED) is 0.540. The van der Waals surface area contributed by atoms with E-state index in [0.29, 0.717) is 23.7 Å². The third kappa shape index (κ3) is 3.52. The topological polar surface area (TPSA) is 124 Å². The maximum atomic E-state index is 12.8. The first-order valence-electron chi connectivity index (χ1n) is 9.37. The molecular weight excluding hydrogens is 386 g/mol. The van der Waals surface area contributed by atoms with Gasteiger partial charge in [-0.15, -0.1) is 0 Å². The number of carbonyl (C=O) groups excluding carboxylic acids is 3. The zero-order valence-corrected chi connectivity index (χ0v) is 16.1. The molecule has 2 heterocycles.